The van der Waals surface area contributed by atoms with E-state index in [0.717, 1.165) is 18.2 Å². The van der Waals surface area contributed by atoms with Crippen molar-refractivity contribution >= 4 is 27.8 Å². The molecule has 1 fully saturated rings. The summed E-state index contributed by atoms with van der Waals surface area (Å²) in [7, 11) is 0. The van der Waals surface area contributed by atoms with E-state index in [-0.39, 0.29) is 17.0 Å². The van der Waals surface area contributed by atoms with Crippen molar-refractivity contribution in [2.75, 3.05) is 0 Å². The van der Waals surface area contributed by atoms with Crippen LogP contribution in [0.5, 0.6) is 0 Å². The van der Waals surface area contributed by atoms with Crippen molar-refractivity contribution in [1.82, 2.24) is 15.5 Å². The minimum atomic E-state index is -0.583. The third kappa shape index (κ3) is 2.29. The third-order valence-electron chi connectivity index (χ3n) is 4.48. The fourth-order valence-corrected chi connectivity index (χ4v) is 3.02. The average Bonchev–Trinajstić information content (AvgIpc) is 3.16. The molecule has 0 unspecified atom stereocenters. The zero-order chi connectivity index (χ0) is 17.0. The molecule has 1 aliphatic carbocycles. The van der Waals surface area contributed by atoms with Gasteiger partial charge in [0.1, 0.15) is 17.1 Å². The van der Waals surface area contributed by atoms with E-state index >= 15 is 4.39 Å². The highest BCUT2D eigenvalue weighted by Crippen LogP contribution is 2.33. The number of nitrogens with zero attached hydrogens (tertiary/aromatic N) is 1. The number of hydrogen-bond donors (Lipinski definition) is 2. The number of amides is 1. The molecular weight excluding hydrogens is 321 g/mol. The van der Waals surface area contributed by atoms with Gasteiger partial charge in [-0.05, 0) is 37.1 Å². The second kappa shape index (κ2) is 5.17. The molecule has 2 aromatic heterocycles. The number of para-hydroxylation sites is 1. The van der Waals surface area contributed by atoms with Crippen molar-refractivity contribution in [2.24, 2.45) is 0 Å². The molecule has 0 bridgehead atoms. The first-order valence-corrected chi connectivity index (χ1v) is 8.17. The Bertz CT molecular complexity index is 1090. The Morgan fingerprint density at radius 3 is 2.88 bits per heavy atom. The molecule has 2 aromatic carbocycles. The summed E-state index contributed by atoms with van der Waals surface area (Å²) in [6.07, 6.45) is 1.90. The van der Waals surface area contributed by atoms with Crippen LogP contribution in [0.4, 0.5) is 4.39 Å². The second-order valence-electron chi connectivity index (χ2n) is 6.32. The molecule has 1 saturated carbocycles. The lowest BCUT2D eigenvalue weighted by Crippen LogP contribution is -2.26. The summed E-state index contributed by atoms with van der Waals surface area (Å²) in [5, 5.41) is 11.0. The van der Waals surface area contributed by atoms with Gasteiger partial charge in [0.15, 0.2) is 5.76 Å². The van der Waals surface area contributed by atoms with Crippen LogP contribution in [0.3, 0.4) is 0 Å². The summed E-state index contributed by atoms with van der Waals surface area (Å²) in [4.78, 5) is 12.3. The second-order valence-corrected chi connectivity index (χ2v) is 6.32. The number of fused-ring (bicyclic) bond motifs is 2. The van der Waals surface area contributed by atoms with Crippen LogP contribution in [-0.2, 0) is 0 Å². The zero-order valence-electron chi connectivity index (χ0n) is 13.2. The van der Waals surface area contributed by atoms with Crippen LogP contribution in [0, 0.1) is 5.82 Å². The number of nitrogens with one attached hydrogen (secondary N) is 2. The fourth-order valence-electron chi connectivity index (χ4n) is 3.02. The number of aromatic nitrogens is 2. The van der Waals surface area contributed by atoms with Gasteiger partial charge in [-0.3, -0.25) is 9.89 Å². The maximum Gasteiger partial charge on any atom is 0.254 e. The van der Waals surface area contributed by atoms with E-state index in [1.807, 2.05) is 30.3 Å². The van der Waals surface area contributed by atoms with Gasteiger partial charge < -0.3 is 9.73 Å². The molecule has 2 N–H and O–H groups in total. The summed E-state index contributed by atoms with van der Waals surface area (Å²) >= 11 is 0. The van der Waals surface area contributed by atoms with E-state index < -0.39 is 11.7 Å². The van der Waals surface area contributed by atoms with Crippen molar-refractivity contribution in [3.05, 3.63) is 53.8 Å². The van der Waals surface area contributed by atoms with Gasteiger partial charge in [0, 0.05) is 11.4 Å². The molecular formula is C19H14FN3O2. The number of carbonyl (C=O) groups is 1. The first kappa shape index (κ1) is 14.2. The highest BCUT2D eigenvalue weighted by atomic mass is 19.1. The molecule has 6 heteroatoms. The molecule has 0 saturated heterocycles. The number of benzene rings is 2. The van der Waals surface area contributed by atoms with E-state index in [9.17, 15) is 4.79 Å². The highest BCUT2D eigenvalue weighted by molar-refractivity contribution is 6.02. The minimum absolute atomic E-state index is 0.0261. The van der Waals surface area contributed by atoms with E-state index in [1.165, 1.54) is 6.07 Å². The quantitative estimate of drug-likeness (QED) is 0.594. The fraction of sp³-hybridized carbons (Fsp3) is 0.158. The Hall–Kier alpha value is -3.15. The maximum atomic E-state index is 15.1. The first-order valence-electron chi connectivity index (χ1n) is 8.17. The normalized spacial score (nSPS) is 14.3. The Morgan fingerprint density at radius 1 is 1.24 bits per heavy atom. The molecule has 5 nitrogen and oxygen atoms in total. The molecule has 124 valence electrons. The molecule has 0 radical (unpaired) electrons. The lowest BCUT2D eigenvalue weighted by Gasteiger charge is -2.05. The van der Waals surface area contributed by atoms with Crippen LogP contribution >= 0.6 is 0 Å². The molecule has 1 amide bonds. The molecule has 1 aliphatic rings. The lowest BCUT2D eigenvalue weighted by molar-refractivity contribution is 0.0947. The van der Waals surface area contributed by atoms with Crippen molar-refractivity contribution in [3.8, 4) is 11.5 Å². The topological polar surface area (TPSA) is 70.9 Å². The SMILES string of the molecule is O=C(NC1CC1)c1ccc2[nH]nc(-c3cc4ccccc4o3)c2c1F. The number of halogens is 1. The van der Waals surface area contributed by atoms with Crippen LogP contribution in [0.25, 0.3) is 33.3 Å². The molecule has 2 heterocycles. The largest absolute Gasteiger partial charge is 0.454 e. The number of furan rings is 1. The summed E-state index contributed by atoms with van der Waals surface area (Å²) in [5.74, 6) is -0.510. The Kier molecular flexibility index (Phi) is 2.94. The Balaban J connectivity index is 1.66. The van der Waals surface area contributed by atoms with Crippen LogP contribution in [0.2, 0.25) is 0 Å². The van der Waals surface area contributed by atoms with Crippen molar-refractivity contribution in [1.29, 1.82) is 0 Å². The number of hydrogen-bond acceptors (Lipinski definition) is 3. The van der Waals surface area contributed by atoms with Gasteiger partial charge in [-0.15, -0.1) is 0 Å². The lowest BCUT2D eigenvalue weighted by atomic mass is 10.1. The average molecular weight is 335 g/mol. The van der Waals surface area contributed by atoms with Crippen molar-refractivity contribution < 1.29 is 13.6 Å². The first-order chi connectivity index (χ1) is 12.2. The van der Waals surface area contributed by atoms with Gasteiger partial charge in [0.05, 0.1) is 16.5 Å². The molecule has 0 atom stereocenters. The number of rotatable bonds is 3. The van der Waals surface area contributed by atoms with Gasteiger partial charge in [0.25, 0.3) is 5.91 Å². The maximum absolute atomic E-state index is 15.1. The Morgan fingerprint density at radius 2 is 2.08 bits per heavy atom. The van der Waals surface area contributed by atoms with E-state index in [1.54, 1.807) is 6.07 Å². The highest BCUT2D eigenvalue weighted by Gasteiger charge is 2.27. The predicted octanol–water partition coefficient (Wildman–Crippen LogP) is 4.01. The van der Waals surface area contributed by atoms with Crippen LogP contribution in [-0.4, -0.2) is 22.1 Å². The summed E-state index contributed by atoms with van der Waals surface area (Å²) in [6.45, 7) is 0. The van der Waals surface area contributed by atoms with Crippen LogP contribution < -0.4 is 5.32 Å². The van der Waals surface area contributed by atoms with E-state index in [2.05, 4.69) is 15.5 Å². The summed E-state index contributed by atoms with van der Waals surface area (Å²) in [5.41, 5.74) is 1.62. The summed E-state index contributed by atoms with van der Waals surface area (Å²) < 4.78 is 20.9. The van der Waals surface area contributed by atoms with E-state index in [0.29, 0.717) is 22.6 Å². The Labute approximate surface area is 141 Å². The monoisotopic (exact) mass is 335 g/mol. The van der Waals surface area contributed by atoms with Gasteiger partial charge in [-0.1, -0.05) is 18.2 Å². The van der Waals surface area contributed by atoms with Gasteiger partial charge in [-0.25, -0.2) is 4.39 Å². The summed E-state index contributed by atoms with van der Waals surface area (Å²) in [6, 6.07) is 12.7. The zero-order valence-corrected chi connectivity index (χ0v) is 13.2. The smallest absolute Gasteiger partial charge is 0.254 e. The standard InChI is InChI=1S/C19H14FN3O2/c20-17-12(19(24)21-11-5-6-11)7-8-13-16(17)18(23-22-13)15-9-10-3-1-2-4-14(10)25-15/h1-4,7-9,11H,5-6H2,(H,21,24)(H,22,23). The predicted molar refractivity (Wildman–Crippen MR) is 91.7 cm³/mol. The minimum Gasteiger partial charge on any atom is -0.454 e. The third-order valence-corrected chi connectivity index (χ3v) is 4.48. The van der Waals surface area contributed by atoms with Crippen LogP contribution in [0.1, 0.15) is 23.2 Å². The van der Waals surface area contributed by atoms with Crippen molar-refractivity contribution in [2.45, 2.75) is 18.9 Å². The molecule has 0 aliphatic heterocycles. The molecule has 0 spiro atoms. The van der Waals surface area contributed by atoms with Crippen LogP contribution in [0.15, 0.2) is 46.9 Å². The van der Waals surface area contributed by atoms with Crippen molar-refractivity contribution in [3.63, 3.8) is 0 Å². The molecule has 25 heavy (non-hydrogen) atoms. The van der Waals surface area contributed by atoms with Gasteiger partial charge in [0.2, 0.25) is 0 Å². The van der Waals surface area contributed by atoms with E-state index in [4.69, 9.17) is 4.42 Å². The number of H-pyrrole nitrogens is 1. The molecule has 5 rings (SSSR count). The van der Waals surface area contributed by atoms with Gasteiger partial charge >= 0.3 is 0 Å². The van der Waals surface area contributed by atoms with Gasteiger partial charge in [-0.2, -0.15) is 5.10 Å². The molecule has 4 aromatic rings. The number of aromatic amines is 1. The number of carbonyl (C=O) groups excluding carboxylic acids is 1.